The van der Waals surface area contributed by atoms with E-state index in [4.69, 9.17) is 11.6 Å². The molecule has 1 fully saturated rings. The van der Waals surface area contributed by atoms with Gasteiger partial charge in [-0.1, -0.05) is 17.7 Å². The molecule has 1 aromatic heterocycles. The van der Waals surface area contributed by atoms with Crippen molar-refractivity contribution in [1.29, 1.82) is 0 Å². The van der Waals surface area contributed by atoms with Crippen molar-refractivity contribution in [2.45, 2.75) is 19.1 Å². The van der Waals surface area contributed by atoms with Gasteiger partial charge in [-0.3, -0.25) is 5.32 Å². The third kappa shape index (κ3) is 3.62. The lowest BCUT2D eigenvalue weighted by atomic mass is 10.2. The van der Waals surface area contributed by atoms with Crippen molar-refractivity contribution in [1.82, 2.24) is 14.7 Å². The van der Waals surface area contributed by atoms with Gasteiger partial charge in [0.15, 0.2) is 0 Å². The molecule has 0 spiro atoms. The van der Waals surface area contributed by atoms with Crippen LogP contribution >= 0.6 is 11.6 Å². The number of aromatic nitrogens is 2. The van der Waals surface area contributed by atoms with E-state index in [1.165, 1.54) is 12.1 Å². The van der Waals surface area contributed by atoms with Crippen molar-refractivity contribution in [3.05, 3.63) is 46.9 Å². The summed E-state index contributed by atoms with van der Waals surface area (Å²) in [7, 11) is 0. The molecule has 0 aliphatic carbocycles. The Labute approximate surface area is 137 Å². The maximum Gasteiger partial charge on any atom is 0.323 e. The second-order valence-corrected chi connectivity index (χ2v) is 5.85. The quantitative estimate of drug-likeness (QED) is 0.902. The Morgan fingerprint density at radius 1 is 1.48 bits per heavy atom. The molecule has 23 heavy (non-hydrogen) atoms. The van der Waals surface area contributed by atoms with E-state index in [1.807, 2.05) is 0 Å². The lowest BCUT2D eigenvalue weighted by molar-refractivity contribution is 0.176. The Morgan fingerprint density at radius 3 is 3.00 bits per heavy atom. The van der Waals surface area contributed by atoms with Crippen molar-refractivity contribution in [2.75, 3.05) is 18.4 Å². The summed E-state index contributed by atoms with van der Waals surface area (Å²) in [6.45, 7) is 1.14. The number of urea groups is 1. The molecule has 2 heterocycles. The summed E-state index contributed by atoms with van der Waals surface area (Å²) in [5, 5.41) is 16.4. The number of nitrogens with zero attached hydrogens (tertiary/aromatic N) is 3. The number of hydrogen-bond donors (Lipinski definition) is 2. The molecule has 6 nitrogen and oxygen atoms in total. The minimum absolute atomic E-state index is 0.0651. The van der Waals surface area contributed by atoms with E-state index in [0.29, 0.717) is 37.4 Å². The van der Waals surface area contributed by atoms with Gasteiger partial charge in [0.25, 0.3) is 0 Å². The summed E-state index contributed by atoms with van der Waals surface area (Å²) in [5.74, 6) is 0.0136. The summed E-state index contributed by atoms with van der Waals surface area (Å²) in [6, 6.07) is 5.91. The van der Waals surface area contributed by atoms with Crippen molar-refractivity contribution in [2.24, 2.45) is 0 Å². The minimum Gasteiger partial charge on any atom is -0.391 e. The van der Waals surface area contributed by atoms with Crippen molar-refractivity contribution in [3.8, 4) is 0 Å². The van der Waals surface area contributed by atoms with Gasteiger partial charge in [0.05, 0.1) is 23.9 Å². The van der Waals surface area contributed by atoms with Crippen molar-refractivity contribution >= 4 is 23.4 Å². The van der Waals surface area contributed by atoms with Gasteiger partial charge in [-0.05, 0) is 24.1 Å². The van der Waals surface area contributed by atoms with Crippen LogP contribution in [-0.2, 0) is 6.54 Å². The second kappa shape index (κ2) is 6.55. The fraction of sp³-hybridized carbons (Fsp3) is 0.333. The first kappa shape index (κ1) is 15.8. The number of halogens is 2. The summed E-state index contributed by atoms with van der Waals surface area (Å²) in [6.07, 6.45) is 1.67. The molecule has 2 amide bonds. The SMILES string of the molecule is O=C(Nc1ccnn1Cc1ccc(Cl)c(F)c1)N1CC[C@H](O)C1. The van der Waals surface area contributed by atoms with Crippen molar-refractivity contribution < 1.29 is 14.3 Å². The largest absolute Gasteiger partial charge is 0.391 e. The van der Waals surface area contributed by atoms with Crippen LogP contribution in [0.1, 0.15) is 12.0 Å². The third-order valence-corrected chi connectivity index (χ3v) is 4.03. The Hall–Kier alpha value is -2.12. The second-order valence-electron chi connectivity index (χ2n) is 5.44. The predicted octanol–water partition coefficient (Wildman–Crippen LogP) is 2.32. The molecule has 0 unspecified atom stereocenters. The lowest BCUT2D eigenvalue weighted by Gasteiger charge is -2.17. The first-order valence-electron chi connectivity index (χ1n) is 7.22. The molecule has 122 valence electrons. The molecule has 1 aliphatic heterocycles. The van der Waals surface area contributed by atoms with Gasteiger partial charge in [-0.25, -0.2) is 13.9 Å². The maximum absolute atomic E-state index is 13.5. The van der Waals surface area contributed by atoms with Gasteiger partial charge >= 0.3 is 6.03 Å². The highest BCUT2D eigenvalue weighted by atomic mass is 35.5. The monoisotopic (exact) mass is 338 g/mol. The highest BCUT2D eigenvalue weighted by molar-refractivity contribution is 6.30. The van der Waals surface area contributed by atoms with E-state index in [-0.39, 0.29) is 11.1 Å². The van der Waals surface area contributed by atoms with Gasteiger partial charge in [-0.2, -0.15) is 5.10 Å². The summed E-state index contributed by atoms with van der Waals surface area (Å²) in [4.78, 5) is 13.7. The fourth-order valence-electron chi connectivity index (χ4n) is 2.49. The third-order valence-electron chi connectivity index (χ3n) is 3.72. The van der Waals surface area contributed by atoms with Crippen LogP contribution in [0.2, 0.25) is 5.02 Å². The molecular formula is C15H16ClFN4O2. The maximum atomic E-state index is 13.5. The number of nitrogens with one attached hydrogen (secondary N) is 1. The zero-order valence-corrected chi connectivity index (χ0v) is 13.0. The van der Waals surface area contributed by atoms with Gasteiger partial charge in [0.1, 0.15) is 11.6 Å². The van der Waals surface area contributed by atoms with Crippen molar-refractivity contribution in [3.63, 3.8) is 0 Å². The van der Waals surface area contributed by atoms with Crippen LogP contribution in [0.4, 0.5) is 15.0 Å². The molecule has 0 bridgehead atoms. The average molecular weight is 339 g/mol. The van der Waals surface area contributed by atoms with Crippen LogP contribution in [0.5, 0.6) is 0 Å². The number of benzene rings is 1. The number of carbonyl (C=O) groups is 1. The Morgan fingerprint density at radius 2 is 2.30 bits per heavy atom. The Balaban J connectivity index is 1.69. The number of hydrogen-bond acceptors (Lipinski definition) is 3. The molecule has 2 N–H and O–H groups in total. The van der Waals surface area contributed by atoms with Crippen LogP contribution in [0.25, 0.3) is 0 Å². The van der Waals surface area contributed by atoms with Crippen LogP contribution < -0.4 is 5.32 Å². The number of β-amino-alcohol motifs (C(OH)–C–C–N with tert-alkyl or cyclic N) is 1. The molecule has 0 saturated carbocycles. The molecule has 1 aliphatic rings. The number of rotatable bonds is 3. The molecule has 1 aromatic carbocycles. The number of anilines is 1. The van der Waals surface area contributed by atoms with Gasteiger partial charge in [0.2, 0.25) is 0 Å². The molecule has 3 rings (SSSR count). The van der Waals surface area contributed by atoms with E-state index in [1.54, 1.807) is 27.9 Å². The first-order valence-corrected chi connectivity index (χ1v) is 7.60. The van der Waals surface area contributed by atoms with E-state index >= 15 is 0 Å². The predicted molar refractivity (Wildman–Crippen MR) is 84.0 cm³/mol. The number of aliphatic hydroxyl groups excluding tert-OH is 1. The number of aliphatic hydroxyl groups is 1. The van der Waals surface area contributed by atoms with E-state index in [2.05, 4.69) is 10.4 Å². The topological polar surface area (TPSA) is 70.4 Å². The van der Waals surface area contributed by atoms with Crippen LogP contribution in [0.15, 0.2) is 30.5 Å². The lowest BCUT2D eigenvalue weighted by Crippen LogP contribution is -2.34. The summed E-state index contributed by atoms with van der Waals surface area (Å²) < 4.78 is 15.1. The fourth-order valence-corrected chi connectivity index (χ4v) is 2.61. The molecule has 1 saturated heterocycles. The molecule has 1 atom stereocenters. The van der Waals surface area contributed by atoms with E-state index in [0.717, 1.165) is 0 Å². The van der Waals surface area contributed by atoms with Gasteiger partial charge in [0, 0.05) is 19.2 Å². The smallest absolute Gasteiger partial charge is 0.323 e. The minimum atomic E-state index is -0.493. The number of carbonyl (C=O) groups excluding carboxylic acids is 1. The number of amides is 2. The Kier molecular flexibility index (Phi) is 4.49. The van der Waals surface area contributed by atoms with E-state index < -0.39 is 11.9 Å². The normalized spacial score (nSPS) is 17.5. The summed E-state index contributed by atoms with van der Waals surface area (Å²) >= 11 is 5.67. The highest BCUT2D eigenvalue weighted by Gasteiger charge is 2.25. The zero-order chi connectivity index (χ0) is 16.4. The first-order chi connectivity index (χ1) is 11.0. The van der Waals surface area contributed by atoms with Gasteiger partial charge in [-0.15, -0.1) is 0 Å². The average Bonchev–Trinajstić information content (AvgIpc) is 3.13. The number of likely N-dealkylation sites (tertiary alicyclic amines) is 1. The zero-order valence-electron chi connectivity index (χ0n) is 12.2. The van der Waals surface area contributed by atoms with Crippen LogP contribution in [0.3, 0.4) is 0 Å². The van der Waals surface area contributed by atoms with Crippen LogP contribution in [0, 0.1) is 5.82 Å². The molecule has 8 heteroatoms. The molecular weight excluding hydrogens is 323 g/mol. The van der Waals surface area contributed by atoms with E-state index in [9.17, 15) is 14.3 Å². The highest BCUT2D eigenvalue weighted by Crippen LogP contribution is 2.18. The standard InChI is InChI=1S/C15H16ClFN4O2/c16-12-2-1-10(7-13(12)17)8-21-14(3-5-18-21)19-15(23)20-6-4-11(22)9-20/h1-3,5,7,11,22H,4,6,8-9H2,(H,19,23)/t11-/m0/s1. The molecule has 2 aromatic rings. The van der Waals surface area contributed by atoms with Gasteiger partial charge < -0.3 is 10.0 Å². The van der Waals surface area contributed by atoms with Crippen LogP contribution in [-0.4, -0.2) is 45.0 Å². The summed E-state index contributed by atoms with van der Waals surface area (Å²) in [5.41, 5.74) is 0.683. The molecule has 0 radical (unpaired) electrons. The Bertz CT molecular complexity index is 721.